The minimum atomic E-state index is 0.484. The van der Waals surface area contributed by atoms with Crippen LogP contribution >= 0.6 is 0 Å². The van der Waals surface area contributed by atoms with Gasteiger partial charge in [-0.25, -0.2) is 0 Å². The van der Waals surface area contributed by atoms with Gasteiger partial charge in [-0.05, 0) is 18.2 Å². The molecule has 0 saturated heterocycles. The maximum Gasteiger partial charge on any atom is 0.144 e. The van der Waals surface area contributed by atoms with Gasteiger partial charge in [-0.3, -0.25) is 0 Å². The van der Waals surface area contributed by atoms with Crippen molar-refractivity contribution in [3.63, 3.8) is 0 Å². The summed E-state index contributed by atoms with van der Waals surface area (Å²) in [5.41, 5.74) is 7.80. The van der Waals surface area contributed by atoms with Gasteiger partial charge in [0.2, 0.25) is 0 Å². The van der Waals surface area contributed by atoms with Crippen LogP contribution in [0.2, 0.25) is 0 Å². The normalized spacial score (nSPS) is 10.2. The van der Waals surface area contributed by atoms with E-state index in [1.165, 1.54) is 0 Å². The third-order valence-electron chi connectivity index (χ3n) is 2.55. The van der Waals surface area contributed by atoms with E-state index in [1.54, 1.807) is 11.7 Å². The number of anilines is 1. The average molecular weight is 201 g/mol. The number of aryl methyl sites for hydroxylation is 1. The molecule has 0 aliphatic heterocycles. The molecule has 1 aromatic carbocycles. The van der Waals surface area contributed by atoms with Gasteiger partial charge in [0.25, 0.3) is 0 Å². The Bertz CT molecular complexity index is 563. The Morgan fingerprint density at radius 2 is 2.20 bits per heavy atom. The lowest BCUT2D eigenvalue weighted by molar-refractivity contribution is 0.415. The Labute approximate surface area is 87.5 Å². The van der Waals surface area contributed by atoms with Gasteiger partial charge in [0.1, 0.15) is 17.5 Å². The van der Waals surface area contributed by atoms with E-state index in [0.717, 1.165) is 16.7 Å². The van der Waals surface area contributed by atoms with Gasteiger partial charge in [-0.2, -0.15) is 5.26 Å². The SMILES string of the molecule is COc1ccc2c(c1)c(N)c(C#N)n2C. The fourth-order valence-corrected chi connectivity index (χ4v) is 1.71. The topological polar surface area (TPSA) is 64.0 Å². The lowest BCUT2D eigenvalue weighted by Crippen LogP contribution is -1.93. The first kappa shape index (κ1) is 9.41. The minimum Gasteiger partial charge on any atom is -0.497 e. The summed E-state index contributed by atoms with van der Waals surface area (Å²) in [6.45, 7) is 0. The molecule has 0 bridgehead atoms. The molecule has 4 heteroatoms. The predicted molar refractivity (Wildman–Crippen MR) is 58.6 cm³/mol. The molecule has 0 spiro atoms. The average Bonchev–Trinajstić information content (AvgIpc) is 2.51. The van der Waals surface area contributed by atoms with E-state index in [0.29, 0.717) is 11.4 Å². The number of hydrogen-bond acceptors (Lipinski definition) is 3. The van der Waals surface area contributed by atoms with Crippen molar-refractivity contribution in [3.05, 3.63) is 23.9 Å². The van der Waals surface area contributed by atoms with E-state index >= 15 is 0 Å². The molecule has 0 radical (unpaired) electrons. The first-order chi connectivity index (χ1) is 7.19. The van der Waals surface area contributed by atoms with Gasteiger partial charge >= 0.3 is 0 Å². The number of ether oxygens (including phenoxy) is 1. The number of benzene rings is 1. The van der Waals surface area contributed by atoms with Crippen LogP contribution < -0.4 is 10.5 Å². The van der Waals surface area contributed by atoms with Crippen LogP contribution in [0.25, 0.3) is 10.9 Å². The fraction of sp³-hybridized carbons (Fsp3) is 0.182. The summed E-state index contributed by atoms with van der Waals surface area (Å²) in [7, 11) is 3.43. The van der Waals surface area contributed by atoms with Gasteiger partial charge in [-0.1, -0.05) is 0 Å². The molecule has 1 heterocycles. The van der Waals surface area contributed by atoms with Crippen molar-refractivity contribution in [3.8, 4) is 11.8 Å². The fourth-order valence-electron chi connectivity index (χ4n) is 1.71. The van der Waals surface area contributed by atoms with Gasteiger partial charge < -0.3 is 15.0 Å². The predicted octanol–water partition coefficient (Wildman–Crippen LogP) is 1.64. The molecule has 0 atom stereocenters. The molecule has 2 N–H and O–H groups in total. The molecule has 0 aliphatic rings. The Balaban J connectivity index is 2.85. The summed E-state index contributed by atoms with van der Waals surface area (Å²) in [6, 6.07) is 7.67. The van der Waals surface area contributed by atoms with Crippen molar-refractivity contribution in [2.75, 3.05) is 12.8 Å². The third-order valence-corrected chi connectivity index (χ3v) is 2.55. The van der Waals surface area contributed by atoms with Crippen LogP contribution in [-0.4, -0.2) is 11.7 Å². The maximum absolute atomic E-state index is 8.94. The quantitative estimate of drug-likeness (QED) is 0.762. The number of fused-ring (bicyclic) bond motifs is 1. The first-order valence-corrected chi connectivity index (χ1v) is 4.51. The van der Waals surface area contributed by atoms with E-state index in [-0.39, 0.29) is 0 Å². The summed E-state index contributed by atoms with van der Waals surface area (Å²) in [6.07, 6.45) is 0. The van der Waals surface area contributed by atoms with E-state index in [4.69, 9.17) is 15.7 Å². The zero-order valence-corrected chi connectivity index (χ0v) is 8.61. The van der Waals surface area contributed by atoms with Crippen molar-refractivity contribution in [1.82, 2.24) is 4.57 Å². The lowest BCUT2D eigenvalue weighted by atomic mass is 10.2. The number of nitrogen functional groups attached to an aromatic ring is 1. The smallest absolute Gasteiger partial charge is 0.144 e. The monoisotopic (exact) mass is 201 g/mol. The van der Waals surface area contributed by atoms with Crippen molar-refractivity contribution in [1.29, 1.82) is 5.26 Å². The maximum atomic E-state index is 8.94. The van der Waals surface area contributed by atoms with Crippen LogP contribution in [0, 0.1) is 11.3 Å². The van der Waals surface area contributed by atoms with Crippen molar-refractivity contribution in [2.24, 2.45) is 7.05 Å². The third kappa shape index (κ3) is 1.21. The van der Waals surface area contributed by atoms with E-state index in [1.807, 2.05) is 25.2 Å². The molecular weight excluding hydrogens is 190 g/mol. The van der Waals surface area contributed by atoms with Gasteiger partial charge in [0.15, 0.2) is 0 Å². The second-order valence-electron chi connectivity index (χ2n) is 3.32. The highest BCUT2D eigenvalue weighted by atomic mass is 16.5. The zero-order valence-electron chi connectivity index (χ0n) is 8.61. The van der Waals surface area contributed by atoms with Gasteiger partial charge in [0, 0.05) is 12.4 Å². The molecule has 1 aromatic heterocycles. The van der Waals surface area contributed by atoms with Crippen molar-refractivity contribution in [2.45, 2.75) is 0 Å². The Hall–Kier alpha value is -2.15. The highest BCUT2D eigenvalue weighted by molar-refractivity contribution is 5.96. The molecule has 0 unspecified atom stereocenters. The summed E-state index contributed by atoms with van der Waals surface area (Å²) >= 11 is 0. The number of nitriles is 1. The standard InChI is InChI=1S/C11H11N3O/c1-14-9-4-3-7(15-2)5-8(9)11(13)10(14)6-12/h3-5H,13H2,1-2H3. The molecule has 0 saturated carbocycles. The molecule has 0 amide bonds. The molecule has 76 valence electrons. The van der Waals surface area contributed by atoms with E-state index in [2.05, 4.69) is 6.07 Å². The molecular formula is C11H11N3O. The molecule has 4 nitrogen and oxygen atoms in total. The number of nitrogens with two attached hydrogens (primary N) is 1. The Kier molecular flexibility index (Phi) is 2.01. The minimum absolute atomic E-state index is 0.484. The molecule has 0 aliphatic carbocycles. The molecule has 2 aromatic rings. The van der Waals surface area contributed by atoms with Crippen LogP contribution in [-0.2, 0) is 7.05 Å². The van der Waals surface area contributed by atoms with Crippen LogP contribution in [0.3, 0.4) is 0 Å². The Morgan fingerprint density at radius 3 is 2.80 bits per heavy atom. The highest BCUT2D eigenvalue weighted by Gasteiger charge is 2.12. The van der Waals surface area contributed by atoms with Crippen LogP contribution in [0.1, 0.15) is 5.69 Å². The van der Waals surface area contributed by atoms with E-state index in [9.17, 15) is 0 Å². The highest BCUT2D eigenvalue weighted by Crippen LogP contribution is 2.30. The molecule has 0 fully saturated rings. The van der Waals surface area contributed by atoms with Crippen LogP contribution in [0.5, 0.6) is 5.75 Å². The number of nitrogens with zero attached hydrogens (tertiary/aromatic N) is 2. The van der Waals surface area contributed by atoms with Gasteiger partial charge in [-0.15, -0.1) is 0 Å². The Morgan fingerprint density at radius 1 is 1.47 bits per heavy atom. The number of aromatic nitrogens is 1. The lowest BCUT2D eigenvalue weighted by Gasteiger charge is -2.00. The largest absolute Gasteiger partial charge is 0.497 e. The summed E-state index contributed by atoms with van der Waals surface area (Å²) < 4.78 is 6.89. The van der Waals surface area contributed by atoms with E-state index < -0.39 is 0 Å². The number of methoxy groups -OCH3 is 1. The number of hydrogen-bond donors (Lipinski definition) is 1. The first-order valence-electron chi connectivity index (χ1n) is 4.51. The van der Waals surface area contributed by atoms with Crippen LogP contribution in [0.4, 0.5) is 5.69 Å². The summed E-state index contributed by atoms with van der Waals surface area (Å²) in [5.74, 6) is 0.740. The van der Waals surface area contributed by atoms with Crippen LogP contribution in [0.15, 0.2) is 18.2 Å². The number of rotatable bonds is 1. The van der Waals surface area contributed by atoms with Gasteiger partial charge in [0.05, 0.1) is 18.3 Å². The second-order valence-corrected chi connectivity index (χ2v) is 3.32. The summed E-state index contributed by atoms with van der Waals surface area (Å²) in [5, 5.41) is 9.80. The molecule has 15 heavy (non-hydrogen) atoms. The van der Waals surface area contributed by atoms with Crippen molar-refractivity contribution < 1.29 is 4.74 Å². The van der Waals surface area contributed by atoms with Crippen molar-refractivity contribution >= 4 is 16.6 Å². The summed E-state index contributed by atoms with van der Waals surface area (Å²) in [4.78, 5) is 0. The molecule has 2 rings (SSSR count). The zero-order chi connectivity index (χ0) is 11.0. The second kappa shape index (κ2) is 3.21.